The molecule has 2 heterocycles. The highest BCUT2D eigenvalue weighted by Crippen LogP contribution is 2.30. The molecule has 0 bridgehead atoms. The number of nitrogens with zero attached hydrogens (tertiary/aromatic N) is 1. The van der Waals surface area contributed by atoms with E-state index >= 15 is 0 Å². The van der Waals surface area contributed by atoms with Gasteiger partial charge < -0.3 is 14.4 Å². The van der Waals surface area contributed by atoms with E-state index in [-0.39, 0.29) is 18.3 Å². The molecule has 2 fully saturated rings. The van der Waals surface area contributed by atoms with E-state index < -0.39 is 0 Å². The van der Waals surface area contributed by atoms with Crippen molar-refractivity contribution in [3.8, 4) is 0 Å². The second kappa shape index (κ2) is 3.94. The van der Waals surface area contributed by atoms with Gasteiger partial charge in [-0.05, 0) is 18.4 Å². The third kappa shape index (κ3) is 1.97. The fourth-order valence-electron chi connectivity index (χ4n) is 2.17. The van der Waals surface area contributed by atoms with E-state index in [0.29, 0.717) is 19.7 Å². The van der Waals surface area contributed by atoms with Crippen molar-refractivity contribution in [2.75, 3.05) is 19.7 Å². The Kier molecular flexibility index (Phi) is 2.44. The van der Waals surface area contributed by atoms with Crippen molar-refractivity contribution in [1.82, 2.24) is 4.90 Å². The minimum absolute atomic E-state index is 0.212. The lowest BCUT2D eigenvalue weighted by molar-refractivity contribution is 0.103. The molecule has 16 heavy (non-hydrogen) atoms. The maximum Gasteiger partial charge on any atom is 0.410 e. The zero-order valence-corrected chi connectivity index (χ0v) is 9.09. The lowest BCUT2D eigenvalue weighted by atomic mass is 10.1. The SMILES string of the molecule is O=C(OCC1=CCCC=C1)N1CC2OC2C1. The monoisotopic (exact) mass is 221 g/mol. The molecular formula is C12H15NO3. The van der Waals surface area contributed by atoms with E-state index in [9.17, 15) is 4.79 Å². The predicted octanol–water partition coefficient (Wildman–Crippen LogP) is 1.48. The van der Waals surface area contributed by atoms with Crippen LogP contribution in [0.2, 0.25) is 0 Å². The number of morpholine rings is 1. The first-order valence-corrected chi connectivity index (χ1v) is 5.75. The van der Waals surface area contributed by atoms with Gasteiger partial charge >= 0.3 is 6.09 Å². The second-order valence-corrected chi connectivity index (χ2v) is 4.43. The lowest BCUT2D eigenvalue weighted by Gasteiger charge is -2.17. The van der Waals surface area contributed by atoms with Crippen LogP contribution in [0.3, 0.4) is 0 Å². The van der Waals surface area contributed by atoms with E-state index in [1.165, 1.54) is 0 Å². The minimum Gasteiger partial charge on any atom is -0.445 e. The van der Waals surface area contributed by atoms with Gasteiger partial charge in [0.25, 0.3) is 0 Å². The molecule has 0 aromatic carbocycles. The summed E-state index contributed by atoms with van der Waals surface area (Å²) in [5.41, 5.74) is 1.10. The van der Waals surface area contributed by atoms with Gasteiger partial charge in [-0.15, -0.1) is 0 Å². The van der Waals surface area contributed by atoms with E-state index in [0.717, 1.165) is 18.4 Å². The van der Waals surface area contributed by atoms with Crippen LogP contribution in [0.4, 0.5) is 4.79 Å². The Bertz CT molecular complexity index is 351. The minimum atomic E-state index is -0.212. The van der Waals surface area contributed by atoms with Crippen molar-refractivity contribution in [3.05, 3.63) is 23.8 Å². The Balaban J connectivity index is 1.46. The number of rotatable bonds is 2. The van der Waals surface area contributed by atoms with Gasteiger partial charge in [0.1, 0.15) is 18.8 Å². The Morgan fingerprint density at radius 2 is 2.25 bits per heavy atom. The third-order valence-electron chi connectivity index (χ3n) is 3.18. The molecule has 3 rings (SSSR count). The van der Waals surface area contributed by atoms with Gasteiger partial charge in [-0.3, -0.25) is 0 Å². The summed E-state index contributed by atoms with van der Waals surface area (Å²) in [5.74, 6) is 0. The van der Waals surface area contributed by atoms with Gasteiger partial charge in [0.2, 0.25) is 0 Å². The number of allylic oxidation sites excluding steroid dienone is 2. The predicted molar refractivity (Wildman–Crippen MR) is 58.0 cm³/mol. The number of hydrogen-bond donors (Lipinski definition) is 0. The summed E-state index contributed by atoms with van der Waals surface area (Å²) in [7, 11) is 0. The summed E-state index contributed by atoms with van der Waals surface area (Å²) in [6.07, 6.45) is 8.75. The van der Waals surface area contributed by atoms with E-state index in [1.54, 1.807) is 4.90 Å². The summed E-state index contributed by atoms with van der Waals surface area (Å²) in [6.45, 7) is 1.78. The molecule has 2 saturated heterocycles. The average Bonchev–Trinajstić information content (AvgIpc) is 2.94. The van der Waals surface area contributed by atoms with Gasteiger partial charge in [0.15, 0.2) is 0 Å². The number of carbonyl (C=O) groups is 1. The summed E-state index contributed by atoms with van der Waals surface area (Å²) >= 11 is 0. The molecule has 4 nitrogen and oxygen atoms in total. The molecular weight excluding hydrogens is 206 g/mol. The number of epoxide rings is 1. The van der Waals surface area contributed by atoms with Crippen LogP contribution in [0.25, 0.3) is 0 Å². The molecule has 86 valence electrons. The van der Waals surface area contributed by atoms with Crippen LogP contribution in [0.1, 0.15) is 12.8 Å². The number of carbonyl (C=O) groups excluding carboxylic acids is 1. The summed E-state index contributed by atoms with van der Waals surface area (Å²) < 4.78 is 10.5. The second-order valence-electron chi connectivity index (χ2n) is 4.43. The molecule has 4 heteroatoms. The van der Waals surface area contributed by atoms with Crippen LogP contribution in [0, 0.1) is 0 Å². The maximum atomic E-state index is 11.7. The van der Waals surface area contributed by atoms with Crippen molar-refractivity contribution in [2.45, 2.75) is 25.0 Å². The van der Waals surface area contributed by atoms with Crippen LogP contribution in [0.5, 0.6) is 0 Å². The van der Waals surface area contributed by atoms with E-state index in [4.69, 9.17) is 9.47 Å². The maximum absolute atomic E-state index is 11.7. The van der Waals surface area contributed by atoms with Crippen molar-refractivity contribution in [1.29, 1.82) is 0 Å². The molecule has 0 radical (unpaired) electrons. The van der Waals surface area contributed by atoms with Crippen molar-refractivity contribution in [3.63, 3.8) is 0 Å². The van der Waals surface area contributed by atoms with E-state index in [1.807, 2.05) is 6.08 Å². The highest BCUT2D eigenvalue weighted by molar-refractivity contribution is 5.68. The zero-order chi connectivity index (χ0) is 11.0. The first-order valence-electron chi connectivity index (χ1n) is 5.75. The number of hydrogen-bond acceptors (Lipinski definition) is 3. The van der Waals surface area contributed by atoms with Gasteiger partial charge in [-0.1, -0.05) is 18.2 Å². The standard InChI is InChI=1S/C12H15NO3/c14-12(13-6-10-11(7-13)16-10)15-8-9-4-2-1-3-5-9/h2,4-5,10-11H,1,3,6-8H2. The number of fused-ring (bicyclic) bond motifs is 1. The molecule has 0 aromatic heterocycles. The Morgan fingerprint density at radius 1 is 1.44 bits per heavy atom. The molecule has 0 spiro atoms. The number of ether oxygens (including phenoxy) is 2. The van der Waals surface area contributed by atoms with Gasteiger partial charge in [0.05, 0.1) is 13.1 Å². The average molecular weight is 221 g/mol. The van der Waals surface area contributed by atoms with Crippen LogP contribution < -0.4 is 0 Å². The van der Waals surface area contributed by atoms with Crippen molar-refractivity contribution >= 4 is 6.09 Å². The molecule has 0 aromatic rings. The van der Waals surface area contributed by atoms with Gasteiger partial charge in [0, 0.05) is 0 Å². The Morgan fingerprint density at radius 3 is 2.94 bits per heavy atom. The quantitative estimate of drug-likeness (QED) is 0.663. The van der Waals surface area contributed by atoms with Crippen LogP contribution in [-0.4, -0.2) is 42.9 Å². The van der Waals surface area contributed by atoms with Crippen molar-refractivity contribution in [2.24, 2.45) is 0 Å². The highest BCUT2D eigenvalue weighted by atomic mass is 16.6. The highest BCUT2D eigenvalue weighted by Gasteiger charge is 2.49. The molecule has 0 N–H and O–H groups in total. The normalized spacial score (nSPS) is 31.0. The first kappa shape index (κ1) is 9.90. The number of likely N-dealkylation sites (tertiary alicyclic amines) is 1. The largest absolute Gasteiger partial charge is 0.445 e. The third-order valence-corrected chi connectivity index (χ3v) is 3.18. The summed E-state index contributed by atoms with van der Waals surface area (Å²) in [5, 5.41) is 0. The summed E-state index contributed by atoms with van der Waals surface area (Å²) in [4.78, 5) is 13.4. The van der Waals surface area contributed by atoms with Gasteiger partial charge in [-0.2, -0.15) is 0 Å². The zero-order valence-electron chi connectivity index (χ0n) is 9.09. The molecule has 0 saturated carbocycles. The molecule has 2 aliphatic heterocycles. The fourth-order valence-corrected chi connectivity index (χ4v) is 2.17. The Labute approximate surface area is 94.5 Å². The first-order chi connectivity index (χ1) is 7.83. The van der Waals surface area contributed by atoms with Crippen LogP contribution >= 0.6 is 0 Å². The smallest absolute Gasteiger partial charge is 0.410 e. The fraction of sp³-hybridized carbons (Fsp3) is 0.583. The van der Waals surface area contributed by atoms with Crippen LogP contribution in [-0.2, 0) is 9.47 Å². The lowest BCUT2D eigenvalue weighted by Crippen LogP contribution is -2.32. The topological polar surface area (TPSA) is 42.1 Å². The van der Waals surface area contributed by atoms with Gasteiger partial charge in [-0.25, -0.2) is 4.79 Å². The molecule has 1 aliphatic carbocycles. The molecule has 2 unspecified atom stereocenters. The van der Waals surface area contributed by atoms with Crippen LogP contribution in [0.15, 0.2) is 23.8 Å². The van der Waals surface area contributed by atoms with E-state index in [2.05, 4.69) is 12.2 Å². The Hall–Kier alpha value is -1.29. The molecule has 3 aliphatic rings. The van der Waals surface area contributed by atoms with Crippen molar-refractivity contribution < 1.29 is 14.3 Å². The number of amides is 1. The molecule has 1 amide bonds. The molecule has 2 atom stereocenters. The summed E-state index contributed by atoms with van der Waals surface area (Å²) in [6, 6.07) is 0.